The molecule has 0 aliphatic heterocycles. The van der Waals surface area contributed by atoms with Gasteiger partial charge in [0.2, 0.25) is 0 Å². The van der Waals surface area contributed by atoms with Crippen molar-refractivity contribution in [2.75, 3.05) is 5.32 Å². The molecule has 3 aromatic rings. The Morgan fingerprint density at radius 1 is 1.20 bits per heavy atom. The molecule has 0 aliphatic carbocycles. The van der Waals surface area contributed by atoms with Crippen molar-refractivity contribution in [2.24, 2.45) is 0 Å². The lowest BCUT2D eigenvalue weighted by molar-refractivity contribution is -0.123. The van der Waals surface area contributed by atoms with E-state index in [1.54, 1.807) is 36.5 Å². The van der Waals surface area contributed by atoms with Crippen LogP contribution < -0.4 is 5.32 Å². The van der Waals surface area contributed by atoms with Gasteiger partial charge < -0.3 is 10.1 Å². The predicted molar refractivity (Wildman–Crippen MR) is 96.1 cm³/mol. The van der Waals surface area contributed by atoms with Gasteiger partial charge in [-0.25, -0.2) is 4.79 Å². The molecule has 1 atom stereocenters. The lowest BCUT2D eigenvalue weighted by Gasteiger charge is -2.14. The summed E-state index contributed by atoms with van der Waals surface area (Å²) in [5.74, 6) is -1.11. The second-order valence-electron chi connectivity index (χ2n) is 5.33. The van der Waals surface area contributed by atoms with Crippen LogP contribution in [0.3, 0.4) is 0 Å². The Kier molecular flexibility index (Phi) is 4.92. The van der Waals surface area contributed by atoms with Gasteiger partial charge in [-0.15, -0.1) is 0 Å². The van der Waals surface area contributed by atoms with E-state index < -0.39 is 18.0 Å². The maximum Gasteiger partial charge on any atom is 0.338 e. The minimum atomic E-state index is -1.00. The average molecular weight is 378 g/mol. The number of nitrogens with one attached hydrogen (secondary N) is 2. The Morgan fingerprint density at radius 3 is 2.76 bits per heavy atom. The zero-order chi connectivity index (χ0) is 18.0. The molecule has 3 rings (SSSR count). The van der Waals surface area contributed by atoms with Crippen LogP contribution in [0.2, 0.25) is 10.0 Å². The Balaban J connectivity index is 1.66. The first-order valence-electron chi connectivity index (χ1n) is 7.34. The van der Waals surface area contributed by atoms with Crippen LogP contribution in [0.15, 0.2) is 42.6 Å². The Hall–Kier alpha value is -2.57. The number of ether oxygens (including phenoxy) is 1. The van der Waals surface area contributed by atoms with Crippen LogP contribution in [-0.4, -0.2) is 28.2 Å². The summed E-state index contributed by atoms with van der Waals surface area (Å²) in [6.07, 6.45) is 0.646. The van der Waals surface area contributed by atoms with Gasteiger partial charge in [0, 0.05) is 10.4 Å². The van der Waals surface area contributed by atoms with Crippen LogP contribution in [0, 0.1) is 0 Å². The van der Waals surface area contributed by atoms with Gasteiger partial charge in [0.15, 0.2) is 6.10 Å². The third-order valence-electron chi connectivity index (χ3n) is 3.52. The summed E-state index contributed by atoms with van der Waals surface area (Å²) in [5.41, 5.74) is 1.42. The van der Waals surface area contributed by atoms with E-state index in [0.717, 1.165) is 5.39 Å². The van der Waals surface area contributed by atoms with Gasteiger partial charge in [-0.05, 0) is 37.3 Å². The quantitative estimate of drug-likeness (QED) is 0.671. The highest BCUT2D eigenvalue weighted by molar-refractivity contribution is 6.36. The maximum atomic E-state index is 12.2. The number of hydrogen-bond acceptors (Lipinski definition) is 4. The molecule has 2 aromatic carbocycles. The molecule has 1 unspecified atom stereocenters. The number of carbonyl (C=O) groups is 2. The molecular weight excluding hydrogens is 365 g/mol. The molecule has 128 valence electrons. The van der Waals surface area contributed by atoms with Crippen LogP contribution in [0.1, 0.15) is 17.3 Å². The van der Waals surface area contributed by atoms with E-state index in [-0.39, 0.29) is 0 Å². The maximum absolute atomic E-state index is 12.2. The number of H-pyrrole nitrogens is 1. The number of nitrogens with zero attached hydrogens (tertiary/aromatic N) is 1. The van der Waals surface area contributed by atoms with Crippen molar-refractivity contribution in [3.05, 3.63) is 58.2 Å². The summed E-state index contributed by atoms with van der Waals surface area (Å²) in [6.45, 7) is 1.48. The van der Waals surface area contributed by atoms with Crippen LogP contribution in [0.5, 0.6) is 0 Å². The monoisotopic (exact) mass is 377 g/mol. The van der Waals surface area contributed by atoms with Crippen LogP contribution in [-0.2, 0) is 9.53 Å². The minimum absolute atomic E-state index is 0.295. The molecule has 2 N–H and O–H groups in total. The number of anilines is 1. The first kappa shape index (κ1) is 17.3. The number of esters is 1. The molecule has 1 amide bonds. The van der Waals surface area contributed by atoms with Gasteiger partial charge in [0.1, 0.15) is 0 Å². The number of benzene rings is 2. The molecule has 0 spiro atoms. The summed E-state index contributed by atoms with van der Waals surface area (Å²) in [5, 5.41) is 10.9. The normalized spacial score (nSPS) is 12.0. The first-order chi connectivity index (χ1) is 11.9. The Labute approximate surface area is 153 Å². The van der Waals surface area contributed by atoms with Crippen LogP contribution in [0.4, 0.5) is 5.69 Å². The predicted octanol–water partition coefficient (Wildman–Crippen LogP) is 4.05. The van der Waals surface area contributed by atoms with Crippen molar-refractivity contribution in [1.29, 1.82) is 0 Å². The van der Waals surface area contributed by atoms with E-state index in [9.17, 15) is 9.59 Å². The molecule has 1 heterocycles. The number of hydrogen-bond donors (Lipinski definition) is 2. The lowest BCUT2D eigenvalue weighted by atomic mass is 10.2. The number of carbonyl (C=O) groups excluding carboxylic acids is 2. The van der Waals surface area contributed by atoms with E-state index in [4.69, 9.17) is 27.9 Å². The second-order valence-corrected chi connectivity index (χ2v) is 6.18. The van der Waals surface area contributed by atoms with Crippen LogP contribution in [0.25, 0.3) is 10.9 Å². The van der Waals surface area contributed by atoms with E-state index in [0.29, 0.717) is 26.8 Å². The largest absolute Gasteiger partial charge is 0.449 e. The molecule has 0 fully saturated rings. The van der Waals surface area contributed by atoms with Gasteiger partial charge in [0.05, 0.1) is 28.0 Å². The fraction of sp³-hybridized carbons (Fsp3) is 0.118. The number of fused-ring (bicyclic) bond motifs is 1. The zero-order valence-electron chi connectivity index (χ0n) is 13.0. The van der Waals surface area contributed by atoms with Crippen molar-refractivity contribution in [3.8, 4) is 0 Å². The number of halogens is 2. The van der Waals surface area contributed by atoms with Gasteiger partial charge in [-0.3, -0.25) is 9.89 Å². The molecular formula is C17H13Cl2N3O3. The van der Waals surface area contributed by atoms with E-state index in [1.807, 2.05) is 0 Å². The molecule has 0 aliphatic rings. The molecule has 6 nitrogen and oxygen atoms in total. The topological polar surface area (TPSA) is 84.1 Å². The molecule has 8 heteroatoms. The highest BCUT2D eigenvalue weighted by atomic mass is 35.5. The summed E-state index contributed by atoms with van der Waals surface area (Å²) in [7, 11) is 0. The van der Waals surface area contributed by atoms with Gasteiger partial charge in [-0.2, -0.15) is 5.10 Å². The molecule has 0 radical (unpaired) electrons. The van der Waals surface area contributed by atoms with Crippen molar-refractivity contribution < 1.29 is 14.3 Å². The number of rotatable bonds is 4. The van der Waals surface area contributed by atoms with Gasteiger partial charge in [0.25, 0.3) is 5.91 Å². The van der Waals surface area contributed by atoms with E-state index >= 15 is 0 Å². The average Bonchev–Trinajstić information content (AvgIpc) is 3.04. The highest BCUT2D eigenvalue weighted by Crippen LogP contribution is 2.25. The summed E-state index contributed by atoms with van der Waals surface area (Å²) in [4.78, 5) is 24.4. The zero-order valence-corrected chi connectivity index (χ0v) is 14.6. The van der Waals surface area contributed by atoms with Gasteiger partial charge in [-0.1, -0.05) is 29.3 Å². The Bertz CT molecular complexity index is 955. The minimum Gasteiger partial charge on any atom is -0.449 e. The third-order valence-corrected chi connectivity index (χ3v) is 4.07. The molecule has 25 heavy (non-hydrogen) atoms. The first-order valence-corrected chi connectivity index (χ1v) is 8.09. The molecule has 0 saturated heterocycles. The third kappa shape index (κ3) is 3.92. The summed E-state index contributed by atoms with van der Waals surface area (Å²) in [6, 6.07) is 9.65. The van der Waals surface area contributed by atoms with Crippen molar-refractivity contribution in [1.82, 2.24) is 10.2 Å². The van der Waals surface area contributed by atoms with Crippen molar-refractivity contribution in [2.45, 2.75) is 13.0 Å². The fourth-order valence-electron chi connectivity index (χ4n) is 2.17. The van der Waals surface area contributed by atoms with E-state index in [2.05, 4.69) is 15.5 Å². The van der Waals surface area contributed by atoms with Gasteiger partial charge >= 0.3 is 5.97 Å². The number of aromatic amines is 1. The SMILES string of the molecule is CC(OC(=O)c1ccc2cn[nH]c2c1)C(=O)Nc1ccc(Cl)cc1Cl. The second kappa shape index (κ2) is 7.13. The molecule has 0 saturated carbocycles. The fourth-order valence-corrected chi connectivity index (χ4v) is 2.63. The highest BCUT2D eigenvalue weighted by Gasteiger charge is 2.20. The standard InChI is InChI=1S/C17H13Cl2N3O3/c1-9(16(23)21-14-5-4-12(18)7-13(14)19)25-17(24)10-2-3-11-8-20-22-15(11)6-10/h2-9H,1H3,(H,20,22)(H,21,23). The number of aromatic nitrogens is 2. The lowest BCUT2D eigenvalue weighted by Crippen LogP contribution is -2.30. The smallest absolute Gasteiger partial charge is 0.338 e. The molecule has 0 bridgehead atoms. The summed E-state index contributed by atoms with van der Waals surface area (Å²) < 4.78 is 5.21. The number of amides is 1. The van der Waals surface area contributed by atoms with Crippen molar-refractivity contribution >= 4 is 51.7 Å². The van der Waals surface area contributed by atoms with Crippen molar-refractivity contribution in [3.63, 3.8) is 0 Å². The Morgan fingerprint density at radius 2 is 2.00 bits per heavy atom. The summed E-state index contributed by atoms with van der Waals surface area (Å²) >= 11 is 11.8. The van der Waals surface area contributed by atoms with Crippen LogP contribution >= 0.6 is 23.2 Å². The van der Waals surface area contributed by atoms with E-state index in [1.165, 1.54) is 13.0 Å². The molecule has 1 aromatic heterocycles.